The van der Waals surface area contributed by atoms with Crippen LogP contribution in [0.2, 0.25) is 0 Å². The molecule has 0 aliphatic carbocycles. The summed E-state index contributed by atoms with van der Waals surface area (Å²) in [6, 6.07) is 7.59. The average Bonchev–Trinajstić information content (AvgIpc) is 3.03. The van der Waals surface area contributed by atoms with E-state index in [4.69, 9.17) is 14.0 Å². The molecule has 0 saturated carbocycles. The molecule has 2 heterocycles. The van der Waals surface area contributed by atoms with Gasteiger partial charge < -0.3 is 18.9 Å². The van der Waals surface area contributed by atoms with Crippen LogP contribution in [0, 0.1) is 0 Å². The Morgan fingerprint density at radius 1 is 1.29 bits per heavy atom. The first-order valence-electron chi connectivity index (χ1n) is 8.10. The highest BCUT2D eigenvalue weighted by molar-refractivity contribution is 5.54. The van der Waals surface area contributed by atoms with E-state index in [0.717, 1.165) is 37.6 Å². The molecule has 0 N–H and O–H groups in total. The molecule has 7 heteroatoms. The highest BCUT2D eigenvalue weighted by Crippen LogP contribution is 2.21. The van der Waals surface area contributed by atoms with Crippen LogP contribution < -0.4 is 4.74 Å². The number of rotatable bonds is 6. The van der Waals surface area contributed by atoms with E-state index in [1.54, 1.807) is 7.11 Å². The summed E-state index contributed by atoms with van der Waals surface area (Å²) in [7, 11) is 5.76. The molecule has 7 nitrogen and oxygen atoms in total. The number of hydrogen-bond acceptors (Lipinski definition) is 7. The van der Waals surface area contributed by atoms with Crippen molar-refractivity contribution in [2.75, 3.05) is 47.4 Å². The van der Waals surface area contributed by atoms with E-state index >= 15 is 0 Å². The second-order valence-corrected chi connectivity index (χ2v) is 6.23. The molecule has 1 atom stereocenters. The molecule has 1 aliphatic heterocycles. The summed E-state index contributed by atoms with van der Waals surface area (Å²) >= 11 is 0. The van der Waals surface area contributed by atoms with Crippen LogP contribution in [0.3, 0.4) is 0 Å². The summed E-state index contributed by atoms with van der Waals surface area (Å²) < 4.78 is 16.3. The minimum atomic E-state index is 0.224. The maximum Gasteiger partial charge on any atom is 0.257 e. The van der Waals surface area contributed by atoms with Crippen LogP contribution in [0.25, 0.3) is 11.5 Å². The molecule has 24 heavy (non-hydrogen) atoms. The van der Waals surface area contributed by atoms with E-state index in [9.17, 15) is 0 Å². The highest BCUT2D eigenvalue weighted by Gasteiger charge is 2.22. The summed E-state index contributed by atoms with van der Waals surface area (Å²) in [6.45, 7) is 4.09. The molecule has 1 saturated heterocycles. The van der Waals surface area contributed by atoms with Crippen molar-refractivity contribution in [3.63, 3.8) is 0 Å². The van der Waals surface area contributed by atoms with Crippen LogP contribution in [-0.2, 0) is 11.3 Å². The van der Waals surface area contributed by atoms with Crippen LogP contribution in [0.5, 0.6) is 5.75 Å². The molecule has 0 amide bonds. The lowest BCUT2D eigenvalue weighted by atomic mass is 10.2. The summed E-state index contributed by atoms with van der Waals surface area (Å²) in [6.07, 6.45) is 0.224. The summed E-state index contributed by atoms with van der Waals surface area (Å²) in [5, 5.41) is 4.10. The van der Waals surface area contributed by atoms with Crippen molar-refractivity contribution in [3.05, 3.63) is 30.1 Å². The number of methoxy groups -OCH3 is 1. The second-order valence-electron chi connectivity index (χ2n) is 6.23. The van der Waals surface area contributed by atoms with E-state index in [2.05, 4.69) is 34.0 Å². The highest BCUT2D eigenvalue weighted by atomic mass is 16.5. The van der Waals surface area contributed by atoms with Gasteiger partial charge in [0.15, 0.2) is 5.82 Å². The third kappa shape index (κ3) is 4.31. The van der Waals surface area contributed by atoms with Gasteiger partial charge in [0.25, 0.3) is 5.89 Å². The van der Waals surface area contributed by atoms with Gasteiger partial charge in [-0.05, 0) is 38.4 Å². The summed E-state index contributed by atoms with van der Waals surface area (Å²) in [5.41, 5.74) is 0.891. The molecule has 0 spiro atoms. The average molecular weight is 332 g/mol. The van der Waals surface area contributed by atoms with Crippen LogP contribution in [0.1, 0.15) is 5.82 Å². The van der Waals surface area contributed by atoms with Crippen molar-refractivity contribution in [1.82, 2.24) is 19.9 Å². The fourth-order valence-electron chi connectivity index (χ4n) is 2.81. The van der Waals surface area contributed by atoms with Gasteiger partial charge in [-0.3, -0.25) is 4.90 Å². The van der Waals surface area contributed by atoms with Crippen molar-refractivity contribution in [3.8, 4) is 17.2 Å². The summed E-state index contributed by atoms with van der Waals surface area (Å²) in [5.74, 6) is 2.04. The summed E-state index contributed by atoms with van der Waals surface area (Å²) in [4.78, 5) is 8.95. The first-order chi connectivity index (χ1) is 11.6. The Hall–Kier alpha value is -1.96. The Balaban J connectivity index is 1.61. The Labute approximate surface area is 142 Å². The Morgan fingerprint density at radius 3 is 2.79 bits per heavy atom. The van der Waals surface area contributed by atoms with Crippen LogP contribution in [-0.4, -0.2) is 73.5 Å². The largest absolute Gasteiger partial charge is 0.497 e. The van der Waals surface area contributed by atoms with Crippen LogP contribution in [0.4, 0.5) is 0 Å². The molecule has 1 aromatic carbocycles. The molecule has 0 radical (unpaired) electrons. The lowest BCUT2D eigenvalue weighted by Crippen LogP contribution is -2.46. The number of benzene rings is 1. The smallest absolute Gasteiger partial charge is 0.257 e. The first kappa shape index (κ1) is 16.9. The number of aromatic nitrogens is 2. The molecular formula is C17H24N4O3. The predicted molar refractivity (Wildman–Crippen MR) is 89.9 cm³/mol. The maximum absolute atomic E-state index is 5.79. The van der Waals surface area contributed by atoms with E-state index in [0.29, 0.717) is 18.3 Å². The van der Waals surface area contributed by atoms with E-state index in [1.165, 1.54) is 0 Å². The van der Waals surface area contributed by atoms with Gasteiger partial charge in [-0.15, -0.1) is 0 Å². The zero-order valence-electron chi connectivity index (χ0n) is 14.4. The number of nitrogens with zero attached hydrogens (tertiary/aromatic N) is 4. The number of hydrogen-bond donors (Lipinski definition) is 0. The lowest BCUT2D eigenvalue weighted by molar-refractivity contribution is -0.0414. The fraction of sp³-hybridized carbons (Fsp3) is 0.529. The molecule has 130 valence electrons. The zero-order chi connectivity index (χ0) is 16.9. The van der Waals surface area contributed by atoms with Gasteiger partial charge in [-0.2, -0.15) is 4.98 Å². The van der Waals surface area contributed by atoms with Crippen LogP contribution in [0.15, 0.2) is 28.8 Å². The quantitative estimate of drug-likeness (QED) is 0.794. The molecule has 1 aromatic heterocycles. The van der Waals surface area contributed by atoms with Gasteiger partial charge in [0.2, 0.25) is 0 Å². The fourth-order valence-corrected chi connectivity index (χ4v) is 2.81. The predicted octanol–water partition coefficient (Wildman–Crippen LogP) is 1.51. The SMILES string of the molecule is COc1ccc(-c2nc(CN3CCO[C@H](CN(C)C)C3)no2)cc1. The Kier molecular flexibility index (Phi) is 5.44. The molecular weight excluding hydrogens is 308 g/mol. The van der Waals surface area contributed by atoms with Gasteiger partial charge in [0, 0.05) is 25.2 Å². The van der Waals surface area contributed by atoms with Crippen molar-refractivity contribution in [1.29, 1.82) is 0 Å². The number of ether oxygens (including phenoxy) is 2. The lowest BCUT2D eigenvalue weighted by Gasteiger charge is -2.33. The monoisotopic (exact) mass is 332 g/mol. The Morgan fingerprint density at radius 2 is 2.08 bits per heavy atom. The zero-order valence-corrected chi connectivity index (χ0v) is 14.4. The van der Waals surface area contributed by atoms with Crippen molar-refractivity contribution in [2.24, 2.45) is 0 Å². The van der Waals surface area contributed by atoms with Crippen LogP contribution >= 0.6 is 0 Å². The number of likely N-dealkylation sites (N-methyl/N-ethyl adjacent to an activating group) is 1. The minimum absolute atomic E-state index is 0.224. The van der Waals surface area contributed by atoms with Gasteiger partial charge in [0.1, 0.15) is 5.75 Å². The number of morpholine rings is 1. The maximum atomic E-state index is 5.79. The van der Waals surface area contributed by atoms with Gasteiger partial charge in [-0.1, -0.05) is 5.16 Å². The van der Waals surface area contributed by atoms with Crippen molar-refractivity contribution >= 4 is 0 Å². The van der Waals surface area contributed by atoms with E-state index in [1.807, 2.05) is 24.3 Å². The van der Waals surface area contributed by atoms with Gasteiger partial charge in [0.05, 0.1) is 26.4 Å². The van der Waals surface area contributed by atoms with Crippen molar-refractivity contribution < 1.29 is 14.0 Å². The van der Waals surface area contributed by atoms with Gasteiger partial charge >= 0.3 is 0 Å². The molecule has 3 rings (SSSR count). The third-order valence-corrected chi connectivity index (χ3v) is 3.96. The topological polar surface area (TPSA) is 63.9 Å². The van der Waals surface area contributed by atoms with E-state index < -0.39 is 0 Å². The molecule has 1 fully saturated rings. The second kappa shape index (κ2) is 7.74. The standard InChI is InChI=1S/C17H24N4O3/c1-20(2)10-15-11-21(8-9-23-15)12-16-18-17(24-19-16)13-4-6-14(22-3)7-5-13/h4-7,15H,8-12H2,1-3H3/t15-/m1/s1. The molecule has 0 unspecified atom stereocenters. The normalized spacial score (nSPS) is 18.9. The molecule has 0 bridgehead atoms. The Bertz CT molecular complexity index is 642. The minimum Gasteiger partial charge on any atom is -0.497 e. The van der Waals surface area contributed by atoms with E-state index in [-0.39, 0.29) is 6.10 Å². The third-order valence-electron chi connectivity index (χ3n) is 3.96. The van der Waals surface area contributed by atoms with Crippen molar-refractivity contribution in [2.45, 2.75) is 12.6 Å². The molecule has 1 aliphatic rings. The molecule has 2 aromatic rings. The first-order valence-corrected chi connectivity index (χ1v) is 8.10. The van der Waals surface area contributed by atoms with Gasteiger partial charge in [-0.25, -0.2) is 0 Å².